The van der Waals surface area contributed by atoms with E-state index in [0.29, 0.717) is 25.6 Å². The molecule has 0 bridgehead atoms. The highest BCUT2D eigenvalue weighted by Gasteiger charge is 2.45. The Morgan fingerprint density at radius 3 is 2.44 bits per heavy atom. The number of methoxy groups -OCH3 is 1. The van der Waals surface area contributed by atoms with E-state index < -0.39 is 0 Å². The van der Waals surface area contributed by atoms with Crippen molar-refractivity contribution in [3.63, 3.8) is 0 Å². The van der Waals surface area contributed by atoms with Crippen LogP contribution in [0.15, 0.2) is 24.3 Å². The maximum absolute atomic E-state index is 12.6. The molecule has 0 aromatic heterocycles. The second-order valence-electron chi connectivity index (χ2n) is 7.99. The van der Waals surface area contributed by atoms with Gasteiger partial charge in [-0.3, -0.25) is 9.69 Å². The van der Waals surface area contributed by atoms with Crippen molar-refractivity contribution in [2.45, 2.75) is 57.5 Å². The van der Waals surface area contributed by atoms with Gasteiger partial charge in [0.2, 0.25) is 5.91 Å². The van der Waals surface area contributed by atoms with Crippen LogP contribution >= 0.6 is 0 Å². The van der Waals surface area contributed by atoms with E-state index in [2.05, 4.69) is 43.0 Å². The molecule has 2 fully saturated rings. The zero-order valence-electron chi connectivity index (χ0n) is 16.0. The van der Waals surface area contributed by atoms with E-state index in [9.17, 15) is 4.79 Å². The first-order valence-electron chi connectivity index (χ1n) is 9.65. The van der Waals surface area contributed by atoms with Gasteiger partial charge in [-0.15, -0.1) is 0 Å². The minimum absolute atomic E-state index is 0.165. The predicted octanol–water partition coefficient (Wildman–Crippen LogP) is 3.41. The summed E-state index contributed by atoms with van der Waals surface area (Å²) < 4.78 is 5.19. The Hall–Kier alpha value is -1.39. The number of benzene rings is 1. The smallest absolute Gasteiger partial charge is 0.236 e. The highest BCUT2D eigenvalue weighted by Crippen LogP contribution is 2.39. The lowest BCUT2D eigenvalue weighted by atomic mass is 9.90. The van der Waals surface area contributed by atoms with E-state index in [1.165, 1.54) is 36.8 Å². The van der Waals surface area contributed by atoms with E-state index in [1.807, 2.05) is 4.90 Å². The summed E-state index contributed by atoms with van der Waals surface area (Å²) in [6.45, 7) is 8.06. The van der Waals surface area contributed by atoms with Gasteiger partial charge in [0.05, 0.1) is 13.2 Å². The van der Waals surface area contributed by atoms with Crippen molar-refractivity contribution in [2.75, 3.05) is 33.4 Å². The summed E-state index contributed by atoms with van der Waals surface area (Å²) in [6.07, 6.45) is 4.95. The molecular formula is C21H32N2O2. The van der Waals surface area contributed by atoms with Gasteiger partial charge in [0.25, 0.3) is 0 Å². The van der Waals surface area contributed by atoms with Gasteiger partial charge >= 0.3 is 0 Å². The minimum atomic E-state index is 0.165. The van der Waals surface area contributed by atoms with Crippen LogP contribution < -0.4 is 0 Å². The average Bonchev–Trinajstić information content (AvgIpc) is 3.06. The second kappa shape index (κ2) is 7.88. The second-order valence-corrected chi connectivity index (χ2v) is 7.99. The summed E-state index contributed by atoms with van der Waals surface area (Å²) in [5, 5.41) is 0. The number of rotatable bonds is 6. The molecular weight excluding hydrogens is 312 g/mol. The van der Waals surface area contributed by atoms with Gasteiger partial charge in [0.1, 0.15) is 0 Å². The van der Waals surface area contributed by atoms with E-state index >= 15 is 0 Å². The Kier molecular flexibility index (Phi) is 5.80. The molecule has 1 aliphatic heterocycles. The molecule has 1 aliphatic carbocycles. The van der Waals surface area contributed by atoms with Crippen LogP contribution in [0.4, 0.5) is 0 Å². The topological polar surface area (TPSA) is 32.8 Å². The largest absolute Gasteiger partial charge is 0.383 e. The van der Waals surface area contributed by atoms with Crippen LogP contribution in [0.3, 0.4) is 0 Å². The van der Waals surface area contributed by atoms with Gasteiger partial charge in [-0.2, -0.15) is 0 Å². The molecule has 4 heteroatoms. The molecule has 0 atom stereocenters. The molecule has 25 heavy (non-hydrogen) atoms. The molecule has 1 spiro atoms. The van der Waals surface area contributed by atoms with Crippen molar-refractivity contribution in [1.82, 2.24) is 9.80 Å². The first-order valence-corrected chi connectivity index (χ1v) is 9.65. The van der Waals surface area contributed by atoms with Crippen molar-refractivity contribution in [3.05, 3.63) is 35.4 Å². The number of nitrogens with zero attached hydrogens (tertiary/aromatic N) is 2. The van der Waals surface area contributed by atoms with E-state index in [1.54, 1.807) is 7.11 Å². The van der Waals surface area contributed by atoms with Crippen molar-refractivity contribution >= 4 is 5.91 Å². The Labute approximate surface area is 152 Å². The van der Waals surface area contributed by atoms with Gasteiger partial charge in [-0.25, -0.2) is 0 Å². The maximum Gasteiger partial charge on any atom is 0.236 e. The standard InChI is InChI=1S/C21H32N2O2/c1-17(2)19-8-6-18(7-9-19)14-23-15-20(24)22(12-13-25-3)16-21(23)10-4-5-11-21/h6-9,17H,4-5,10-16H2,1-3H3. The zero-order valence-corrected chi connectivity index (χ0v) is 16.0. The van der Waals surface area contributed by atoms with Crippen molar-refractivity contribution in [2.24, 2.45) is 0 Å². The fourth-order valence-corrected chi connectivity index (χ4v) is 4.34. The fourth-order valence-electron chi connectivity index (χ4n) is 4.34. The molecule has 0 N–H and O–H groups in total. The summed E-state index contributed by atoms with van der Waals surface area (Å²) >= 11 is 0. The summed E-state index contributed by atoms with van der Waals surface area (Å²) in [5.74, 6) is 0.800. The van der Waals surface area contributed by atoms with E-state index in [-0.39, 0.29) is 11.4 Å². The van der Waals surface area contributed by atoms with E-state index in [0.717, 1.165) is 13.1 Å². The van der Waals surface area contributed by atoms with Crippen molar-refractivity contribution in [1.29, 1.82) is 0 Å². The highest BCUT2D eigenvalue weighted by atomic mass is 16.5. The van der Waals surface area contributed by atoms with Crippen molar-refractivity contribution in [3.8, 4) is 0 Å². The first kappa shape index (κ1) is 18.4. The molecule has 1 heterocycles. The zero-order chi connectivity index (χ0) is 17.9. The molecule has 0 unspecified atom stereocenters. The van der Waals surface area contributed by atoms with Gasteiger partial charge in [-0.05, 0) is 29.9 Å². The number of carbonyl (C=O) groups is 1. The molecule has 0 radical (unpaired) electrons. The molecule has 3 rings (SSSR count). The van der Waals surface area contributed by atoms with Crippen molar-refractivity contribution < 1.29 is 9.53 Å². The summed E-state index contributed by atoms with van der Waals surface area (Å²) in [6, 6.07) is 8.94. The highest BCUT2D eigenvalue weighted by molar-refractivity contribution is 5.79. The Morgan fingerprint density at radius 2 is 1.84 bits per heavy atom. The number of hydrogen-bond acceptors (Lipinski definition) is 3. The third kappa shape index (κ3) is 4.06. The summed E-state index contributed by atoms with van der Waals surface area (Å²) in [7, 11) is 1.70. The number of hydrogen-bond donors (Lipinski definition) is 0. The average molecular weight is 344 g/mol. The lowest BCUT2D eigenvalue weighted by Crippen LogP contribution is -2.63. The molecule has 1 saturated heterocycles. The Bertz CT molecular complexity index is 576. The van der Waals surface area contributed by atoms with Crippen LogP contribution in [-0.2, 0) is 16.1 Å². The van der Waals surface area contributed by atoms with Gasteiger partial charge < -0.3 is 9.64 Å². The molecule has 138 valence electrons. The number of piperazine rings is 1. The number of carbonyl (C=O) groups excluding carboxylic acids is 1. The van der Waals surface area contributed by atoms with Crippen LogP contribution in [0.5, 0.6) is 0 Å². The van der Waals surface area contributed by atoms with Gasteiger partial charge in [-0.1, -0.05) is 51.0 Å². The third-order valence-corrected chi connectivity index (χ3v) is 5.95. The van der Waals surface area contributed by atoms with Crippen LogP contribution in [0.1, 0.15) is 56.6 Å². The third-order valence-electron chi connectivity index (χ3n) is 5.95. The fraction of sp³-hybridized carbons (Fsp3) is 0.667. The number of amides is 1. The lowest BCUT2D eigenvalue weighted by Gasteiger charge is -2.49. The minimum Gasteiger partial charge on any atom is -0.383 e. The van der Waals surface area contributed by atoms with Crippen LogP contribution in [0, 0.1) is 0 Å². The predicted molar refractivity (Wildman–Crippen MR) is 101 cm³/mol. The Balaban J connectivity index is 1.74. The Morgan fingerprint density at radius 1 is 1.16 bits per heavy atom. The monoisotopic (exact) mass is 344 g/mol. The van der Waals surface area contributed by atoms with Gasteiger partial charge in [0.15, 0.2) is 0 Å². The maximum atomic E-state index is 12.6. The van der Waals surface area contributed by atoms with Gasteiger partial charge in [0, 0.05) is 32.3 Å². The molecule has 1 amide bonds. The SMILES string of the molecule is COCCN1CC2(CCCC2)N(Cc2ccc(C(C)C)cc2)CC1=O. The van der Waals surface area contributed by atoms with Crippen LogP contribution in [0.2, 0.25) is 0 Å². The quantitative estimate of drug-likeness (QED) is 0.793. The summed E-state index contributed by atoms with van der Waals surface area (Å²) in [5.41, 5.74) is 2.85. The lowest BCUT2D eigenvalue weighted by molar-refractivity contribution is -0.144. The molecule has 2 aliphatic rings. The first-order chi connectivity index (χ1) is 12.0. The van der Waals surface area contributed by atoms with E-state index in [4.69, 9.17) is 4.74 Å². The summed E-state index contributed by atoms with van der Waals surface area (Å²) in [4.78, 5) is 17.1. The normalized spacial score (nSPS) is 20.8. The molecule has 1 aromatic carbocycles. The van der Waals surface area contributed by atoms with Crippen LogP contribution in [0.25, 0.3) is 0 Å². The number of ether oxygens (including phenoxy) is 1. The van der Waals surface area contributed by atoms with Crippen LogP contribution in [-0.4, -0.2) is 54.6 Å². The molecule has 4 nitrogen and oxygen atoms in total. The molecule has 1 saturated carbocycles. The molecule has 1 aromatic rings.